The number of carbonyl (C=O) groups excluding carboxylic acids is 1. The fraction of sp³-hybridized carbons (Fsp3) is 0. The molecule has 2 aromatic heterocycles. The third-order valence-electron chi connectivity index (χ3n) is 2.41. The molecule has 0 bridgehead atoms. The van der Waals surface area contributed by atoms with Crippen molar-refractivity contribution in [3.8, 4) is 11.5 Å². The summed E-state index contributed by atoms with van der Waals surface area (Å²) >= 11 is 0. The van der Waals surface area contributed by atoms with Gasteiger partial charge in [0.25, 0.3) is 5.91 Å². The Morgan fingerprint density at radius 1 is 1.05 bits per heavy atom. The molecule has 0 aliphatic rings. The quantitative estimate of drug-likeness (QED) is 0.777. The maximum Gasteiger partial charge on any atom is 0.322 e. The van der Waals surface area contributed by atoms with Gasteiger partial charge in [0, 0.05) is 5.56 Å². The molecule has 0 unspecified atom stereocenters. The van der Waals surface area contributed by atoms with Crippen LogP contribution in [0.4, 0.5) is 6.01 Å². The zero-order chi connectivity index (χ0) is 13.1. The van der Waals surface area contributed by atoms with E-state index in [-0.39, 0.29) is 11.8 Å². The summed E-state index contributed by atoms with van der Waals surface area (Å²) in [4.78, 5) is 11.7. The SMILES string of the molecule is O=C(Nc1nnc(-c2ccccc2)o1)c1ccco1. The summed E-state index contributed by atoms with van der Waals surface area (Å²) in [5.41, 5.74) is 0.786. The number of nitrogens with zero attached hydrogens (tertiary/aromatic N) is 2. The van der Waals surface area contributed by atoms with Crippen molar-refractivity contribution in [3.05, 3.63) is 54.5 Å². The van der Waals surface area contributed by atoms with Crippen LogP contribution in [-0.4, -0.2) is 16.1 Å². The summed E-state index contributed by atoms with van der Waals surface area (Å²) in [5.74, 6) is 0.0862. The van der Waals surface area contributed by atoms with Gasteiger partial charge in [0.15, 0.2) is 5.76 Å². The van der Waals surface area contributed by atoms with Crippen LogP contribution >= 0.6 is 0 Å². The summed E-state index contributed by atoms with van der Waals surface area (Å²) in [6.07, 6.45) is 1.41. The van der Waals surface area contributed by atoms with Gasteiger partial charge in [-0.3, -0.25) is 10.1 Å². The molecule has 6 heteroatoms. The van der Waals surface area contributed by atoms with Gasteiger partial charge in [-0.15, -0.1) is 5.10 Å². The van der Waals surface area contributed by atoms with E-state index in [4.69, 9.17) is 8.83 Å². The molecule has 19 heavy (non-hydrogen) atoms. The molecule has 6 nitrogen and oxygen atoms in total. The van der Waals surface area contributed by atoms with Gasteiger partial charge in [-0.05, 0) is 24.3 Å². The molecule has 0 radical (unpaired) electrons. The molecule has 0 spiro atoms. The van der Waals surface area contributed by atoms with E-state index in [2.05, 4.69) is 15.5 Å². The Hall–Kier alpha value is -2.89. The van der Waals surface area contributed by atoms with Gasteiger partial charge in [-0.1, -0.05) is 23.3 Å². The lowest BCUT2D eigenvalue weighted by Crippen LogP contribution is -2.10. The van der Waals surface area contributed by atoms with E-state index in [1.807, 2.05) is 30.3 Å². The van der Waals surface area contributed by atoms with Crippen LogP contribution in [0.2, 0.25) is 0 Å². The lowest BCUT2D eigenvalue weighted by atomic mass is 10.2. The molecule has 0 saturated heterocycles. The smallest absolute Gasteiger partial charge is 0.322 e. The number of carbonyl (C=O) groups is 1. The molecular weight excluding hydrogens is 246 g/mol. The Kier molecular flexibility index (Phi) is 2.82. The molecule has 0 aliphatic heterocycles. The van der Waals surface area contributed by atoms with Crippen LogP contribution in [0.3, 0.4) is 0 Å². The Morgan fingerprint density at radius 3 is 2.63 bits per heavy atom. The van der Waals surface area contributed by atoms with E-state index in [9.17, 15) is 4.79 Å². The number of benzene rings is 1. The van der Waals surface area contributed by atoms with Crippen molar-refractivity contribution in [1.29, 1.82) is 0 Å². The second-order valence-corrected chi connectivity index (χ2v) is 3.71. The average Bonchev–Trinajstić information content (AvgIpc) is 3.11. The molecule has 94 valence electrons. The number of aromatic nitrogens is 2. The second-order valence-electron chi connectivity index (χ2n) is 3.71. The van der Waals surface area contributed by atoms with Crippen molar-refractivity contribution < 1.29 is 13.6 Å². The predicted molar refractivity (Wildman–Crippen MR) is 66.4 cm³/mol. The number of anilines is 1. The number of hydrogen-bond acceptors (Lipinski definition) is 5. The Labute approximate surface area is 108 Å². The van der Waals surface area contributed by atoms with Crippen molar-refractivity contribution in [2.45, 2.75) is 0 Å². The van der Waals surface area contributed by atoms with Gasteiger partial charge >= 0.3 is 6.01 Å². The highest BCUT2D eigenvalue weighted by Gasteiger charge is 2.14. The number of hydrogen-bond donors (Lipinski definition) is 1. The first-order chi connectivity index (χ1) is 9.33. The second kappa shape index (κ2) is 4.77. The lowest BCUT2D eigenvalue weighted by molar-refractivity contribution is 0.0994. The molecule has 3 rings (SSSR count). The van der Waals surface area contributed by atoms with E-state index >= 15 is 0 Å². The van der Waals surface area contributed by atoms with Crippen LogP contribution < -0.4 is 5.32 Å². The van der Waals surface area contributed by atoms with Crippen LogP contribution in [0.15, 0.2) is 57.6 Å². The Bertz CT molecular complexity index is 674. The largest absolute Gasteiger partial charge is 0.459 e. The van der Waals surface area contributed by atoms with Gasteiger partial charge < -0.3 is 8.83 Å². The highest BCUT2D eigenvalue weighted by molar-refractivity contribution is 6.00. The maximum absolute atomic E-state index is 11.7. The zero-order valence-electron chi connectivity index (χ0n) is 9.74. The minimum atomic E-state index is -0.437. The molecular formula is C13H9N3O3. The number of amides is 1. The van der Waals surface area contributed by atoms with Crippen LogP contribution in [0.1, 0.15) is 10.6 Å². The Balaban J connectivity index is 1.77. The fourth-order valence-electron chi connectivity index (χ4n) is 1.54. The molecule has 0 aliphatic carbocycles. The van der Waals surface area contributed by atoms with Gasteiger partial charge in [0.2, 0.25) is 5.89 Å². The maximum atomic E-state index is 11.7. The van der Waals surface area contributed by atoms with Crippen LogP contribution in [0.25, 0.3) is 11.5 Å². The minimum Gasteiger partial charge on any atom is -0.459 e. The van der Waals surface area contributed by atoms with E-state index in [1.165, 1.54) is 6.26 Å². The molecule has 1 N–H and O–H groups in total. The third kappa shape index (κ3) is 2.37. The molecule has 0 atom stereocenters. The third-order valence-corrected chi connectivity index (χ3v) is 2.41. The first kappa shape index (κ1) is 11.2. The summed E-state index contributed by atoms with van der Waals surface area (Å²) in [5, 5.41) is 10.1. The van der Waals surface area contributed by atoms with E-state index in [0.717, 1.165) is 5.56 Å². The number of nitrogens with one attached hydrogen (secondary N) is 1. The average molecular weight is 255 g/mol. The van der Waals surface area contributed by atoms with Gasteiger partial charge in [-0.25, -0.2) is 0 Å². The van der Waals surface area contributed by atoms with Crippen molar-refractivity contribution in [2.75, 3.05) is 5.32 Å². The van der Waals surface area contributed by atoms with Gasteiger partial charge in [-0.2, -0.15) is 0 Å². The van der Waals surface area contributed by atoms with Crippen LogP contribution in [0.5, 0.6) is 0 Å². The number of furan rings is 1. The molecule has 0 fully saturated rings. The highest BCUT2D eigenvalue weighted by Crippen LogP contribution is 2.19. The van der Waals surface area contributed by atoms with E-state index in [0.29, 0.717) is 5.89 Å². The van der Waals surface area contributed by atoms with Crippen LogP contribution in [-0.2, 0) is 0 Å². The van der Waals surface area contributed by atoms with Crippen molar-refractivity contribution in [2.24, 2.45) is 0 Å². The van der Waals surface area contributed by atoms with Crippen LogP contribution in [0, 0.1) is 0 Å². The van der Waals surface area contributed by atoms with Crippen molar-refractivity contribution in [1.82, 2.24) is 10.2 Å². The first-order valence-electron chi connectivity index (χ1n) is 5.57. The molecule has 1 amide bonds. The predicted octanol–water partition coefficient (Wildman–Crippen LogP) is 2.58. The summed E-state index contributed by atoms with van der Waals surface area (Å²) in [6, 6.07) is 12.5. The van der Waals surface area contributed by atoms with Crippen molar-refractivity contribution >= 4 is 11.9 Å². The molecule has 0 saturated carbocycles. The fourth-order valence-corrected chi connectivity index (χ4v) is 1.54. The van der Waals surface area contributed by atoms with Crippen molar-refractivity contribution in [3.63, 3.8) is 0 Å². The minimum absolute atomic E-state index is 0.0280. The topological polar surface area (TPSA) is 81.2 Å². The van der Waals surface area contributed by atoms with Gasteiger partial charge in [0.1, 0.15) is 0 Å². The lowest BCUT2D eigenvalue weighted by Gasteiger charge is -1.95. The molecule has 2 heterocycles. The number of rotatable bonds is 3. The normalized spacial score (nSPS) is 10.3. The molecule has 3 aromatic rings. The first-order valence-corrected chi connectivity index (χ1v) is 5.57. The standard InChI is InChI=1S/C13H9N3O3/c17-11(10-7-4-8-18-10)14-13-16-15-12(19-13)9-5-2-1-3-6-9/h1-8H,(H,14,16,17). The van der Waals surface area contributed by atoms with E-state index < -0.39 is 5.91 Å². The van der Waals surface area contributed by atoms with Gasteiger partial charge in [0.05, 0.1) is 6.26 Å². The monoisotopic (exact) mass is 255 g/mol. The van der Waals surface area contributed by atoms with E-state index in [1.54, 1.807) is 12.1 Å². The summed E-state index contributed by atoms with van der Waals surface area (Å²) in [6.45, 7) is 0. The zero-order valence-corrected chi connectivity index (χ0v) is 9.74. The highest BCUT2D eigenvalue weighted by atomic mass is 16.4. The summed E-state index contributed by atoms with van der Waals surface area (Å²) < 4.78 is 10.3. The summed E-state index contributed by atoms with van der Waals surface area (Å²) in [7, 11) is 0. The molecule has 1 aromatic carbocycles. The Morgan fingerprint density at radius 2 is 1.89 bits per heavy atom.